The van der Waals surface area contributed by atoms with Gasteiger partial charge in [0, 0.05) is 12.4 Å². The maximum Gasteiger partial charge on any atom is 0.151 e. The predicted octanol–water partition coefficient (Wildman–Crippen LogP) is 1.92. The monoisotopic (exact) mass is 177 g/mol. The number of hydrogen-bond acceptors (Lipinski definition) is 2. The molecule has 0 fully saturated rings. The highest BCUT2D eigenvalue weighted by atomic mass is 19.1. The van der Waals surface area contributed by atoms with Gasteiger partial charge >= 0.3 is 0 Å². The standard InChI is InChI=1S/C9H8FN3/c1-6-4-7(10)9(11-5-6)8-2-3-12-13-8/h2-5H,1H3,(H,12,13). The third kappa shape index (κ3) is 1.42. The fourth-order valence-corrected chi connectivity index (χ4v) is 1.12. The van der Waals surface area contributed by atoms with Crippen molar-refractivity contribution in [3.63, 3.8) is 0 Å². The van der Waals surface area contributed by atoms with E-state index >= 15 is 0 Å². The van der Waals surface area contributed by atoms with Crippen molar-refractivity contribution in [1.29, 1.82) is 0 Å². The molecule has 0 saturated carbocycles. The van der Waals surface area contributed by atoms with Gasteiger partial charge in [-0.25, -0.2) is 4.39 Å². The molecule has 2 heterocycles. The van der Waals surface area contributed by atoms with Crippen molar-refractivity contribution < 1.29 is 4.39 Å². The maximum absolute atomic E-state index is 13.3. The molecule has 0 atom stereocenters. The Hall–Kier alpha value is -1.71. The normalized spacial score (nSPS) is 10.3. The number of pyridine rings is 1. The molecule has 4 heteroatoms. The van der Waals surface area contributed by atoms with E-state index in [1.165, 1.54) is 6.07 Å². The van der Waals surface area contributed by atoms with Crippen LogP contribution in [0.5, 0.6) is 0 Å². The van der Waals surface area contributed by atoms with Crippen molar-refractivity contribution >= 4 is 0 Å². The first-order valence-electron chi connectivity index (χ1n) is 3.89. The molecule has 66 valence electrons. The first-order valence-corrected chi connectivity index (χ1v) is 3.89. The van der Waals surface area contributed by atoms with Crippen LogP contribution in [0.1, 0.15) is 5.56 Å². The Kier molecular flexibility index (Phi) is 1.81. The van der Waals surface area contributed by atoms with Crippen molar-refractivity contribution in [1.82, 2.24) is 15.2 Å². The van der Waals surface area contributed by atoms with E-state index in [-0.39, 0.29) is 5.82 Å². The van der Waals surface area contributed by atoms with E-state index in [9.17, 15) is 4.39 Å². The number of H-pyrrole nitrogens is 1. The minimum atomic E-state index is -0.329. The van der Waals surface area contributed by atoms with Crippen LogP contribution in [0.3, 0.4) is 0 Å². The third-order valence-corrected chi connectivity index (χ3v) is 1.73. The summed E-state index contributed by atoms with van der Waals surface area (Å²) in [6.07, 6.45) is 3.19. The van der Waals surface area contributed by atoms with E-state index < -0.39 is 0 Å². The lowest BCUT2D eigenvalue weighted by Crippen LogP contribution is -1.90. The van der Waals surface area contributed by atoms with E-state index in [4.69, 9.17) is 0 Å². The lowest BCUT2D eigenvalue weighted by molar-refractivity contribution is 0.623. The van der Waals surface area contributed by atoms with Gasteiger partial charge in [-0.2, -0.15) is 5.10 Å². The van der Waals surface area contributed by atoms with Gasteiger partial charge in [-0.3, -0.25) is 10.1 Å². The molecule has 0 aliphatic rings. The Morgan fingerprint density at radius 2 is 2.31 bits per heavy atom. The lowest BCUT2D eigenvalue weighted by atomic mass is 10.2. The second-order valence-corrected chi connectivity index (χ2v) is 2.81. The number of aryl methyl sites for hydroxylation is 1. The van der Waals surface area contributed by atoms with E-state index in [0.717, 1.165) is 5.56 Å². The summed E-state index contributed by atoms with van der Waals surface area (Å²) < 4.78 is 13.3. The summed E-state index contributed by atoms with van der Waals surface area (Å²) >= 11 is 0. The van der Waals surface area contributed by atoms with E-state index in [1.807, 2.05) is 0 Å². The molecule has 3 nitrogen and oxygen atoms in total. The Balaban J connectivity index is 2.53. The van der Waals surface area contributed by atoms with E-state index in [1.54, 1.807) is 25.4 Å². The lowest BCUT2D eigenvalue weighted by Gasteiger charge is -1.99. The first kappa shape index (κ1) is 7.91. The van der Waals surface area contributed by atoms with Crippen molar-refractivity contribution in [2.75, 3.05) is 0 Å². The molecule has 0 aromatic carbocycles. The molecular formula is C9H8FN3. The highest BCUT2D eigenvalue weighted by Crippen LogP contribution is 2.17. The first-order chi connectivity index (χ1) is 6.27. The molecule has 2 aromatic heterocycles. The Morgan fingerprint density at radius 1 is 1.46 bits per heavy atom. The fourth-order valence-electron chi connectivity index (χ4n) is 1.12. The van der Waals surface area contributed by atoms with Gasteiger partial charge in [-0.1, -0.05) is 0 Å². The zero-order valence-electron chi connectivity index (χ0n) is 7.08. The topological polar surface area (TPSA) is 41.6 Å². The smallest absolute Gasteiger partial charge is 0.151 e. The molecule has 0 unspecified atom stereocenters. The average molecular weight is 177 g/mol. The molecule has 0 aliphatic heterocycles. The molecule has 0 bridgehead atoms. The van der Waals surface area contributed by atoms with Gasteiger partial charge in [0.25, 0.3) is 0 Å². The van der Waals surface area contributed by atoms with Crippen molar-refractivity contribution in [2.45, 2.75) is 6.92 Å². The summed E-state index contributed by atoms with van der Waals surface area (Å²) in [5.74, 6) is -0.329. The Labute approximate surface area is 74.6 Å². The minimum absolute atomic E-state index is 0.308. The molecule has 13 heavy (non-hydrogen) atoms. The number of hydrogen-bond donors (Lipinski definition) is 1. The zero-order valence-corrected chi connectivity index (χ0v) is 7.08. The second-order valence-electron chi connectivity index (χ2n) is 2.81. The molecular weight excluding hydrogens is 169 g/mol. The quantitative estimate of drug-likeness (QED) is 0.723. The zero-order chi connectivity index (χ0) is 9.26. The van der Waals surface area contributed by atoms with Gasteiger partial charge in [0.1, 0.15) is 5.69 Å². The molecule has 0 aliphatic carbocycles. The Morgan fingerprint density at radius 3 is 2.92 bits per heavy atom. The van der Waals surface area contributed by atoms with Crippen LogP contribution >= 0.6 is 0 Å². The summed E-state index contributed by atoms with van der Waals surface area (Å²) in [6, 6.07) is 3.13. The molecule has 0 spiro atoms. The molecule has 0 radical (unpaired) electrons. The number of nitrogens with one attached hydrogen (secondary N) is 1. The second kappa shape index (κ2) is 2.97. The van der Waals surface area contributed by atoms with Gasteiger partial charge in [0.15, 0.2) is 5.82 Å². The van der Waals surface area contributed by atoms with Gasteiger partial charge in [0.2, 0.25) is 0 Å². The predicted molar refractivity (Wildman–Crippen MR) is 46.5 cm³/mol. The summed E-state index contributed by atoms with van der Waals surface area (Å²) in [6.45, 7) is 1.80. The number of aromatic amines is 1. The van der Waals surface area contributed by atoms with Gasteiger partial charge in [-0.05, 0) is 24.6 Å². The van der Waals surface area contributed by atoms with Crippen LogP contribution in [0, 0.1) is 12.7 Å². The Bertz CT molecular complexity index is 409. The third-order valence-electron chi connectivity index (χ3n) is 1.73. The highest BCUT2D eigenvalue weighted by Gasteiger charge is 2.06. The molecule has 0 amide bonds. The minimum Gasteiger partial charge on any atom is -0.276 e. The van der Waals surface area contributed by atoms with Crippen molar-refractivity contribution in [2.24, 2.45) is 0 Å². The maximum atomic E-state index is 13.3. The number of halogens is 1. The van der Waals surface area contributed by atoms with Crippen LogP contribution in [0.25, 0.3) is 11.4 Å². The number of aromatic nitrogens is 3. The SMILES string of the molecule is Cc1cnc(-c2ccn[nH]2)c(F)c1. The molecule has 1 N–H and O–H groups in total. The van der Waals surface area contributed by atoms with Crippen LogP contribution < -0.4 is 0 Å². The summed E-state index contributed by atoms with van der Waals surface area (Å²) in [4.78, 5) is 3.97. The molecule has 2 rings (SSSR count). The van der Waals surface area contributed by atoms with Gasteiger partial charge < -0.3 is 0 Å². The highest BCUT2D eigenvalue weighted by molar-refractivity contribution is 5.53. The number of rotatable bonds is 1. The summed E-state index contributed by atoms with van der Waals surface area (Å²) in [5.41, 5.74) is 1.71. The van der Waals surface area contributed by atoms with E-state index in [0.29, 0.717) is 11.4 Å². The van der Waals surface area contributed by atoms with Gasteiger partial charge in [0.05, 0.1) is 5.69 Å². The van der Waals surface area contributed by atoms with Gasteiger partial charge in [-0.15, -0.1) is 0 Å². The fraction of sp³-hybridized carbons (Fsp3) is 0.111. The van der Waals surface area contributed by atoms with Crippen LogP contribution in [0.15, 0.2) is 24.5 Å². The number of nitrogens with zero attached hydrogens (tertiary/aromatic N) is 2. The summed E-state index contributed by atoms with van der Waals surface area (Å²) in [7, 11) is 0. The largest absolute Gasteiger partial charge is 0.276 e. The van der Waals surface area contributed by atoms with E-state index in [2.05, 4.69) is 15.2 Å². The van der Waals surface area contributed by atoms with Crippen LogP contribution in [-0.4, -0.2) is 15.2 Å². The van der Waals surface area contributed by atoms with Crippen LogP contribution in [0.2, 0.25) is 0 Å². The summed E-state index contributed by atoms with van der Waals surface area (Å²) in [5, 5.41) is 6.39. The van der Waals surface area contributed by atoms with Crippen molar-refractivity contribution in [3.8, 4) is 11.4 Å². The molecule has 2 aromatic rings. The molecule has 0 saturated heterocycles. The average Bonchev–Trinajstić information content (AvgIpc) is 2.56. The van der Waals surface area contributed by atoms with Crippen LogP contribution in [0.4, 0.5) is 4.39 Å². The van der Waals surface area contributed by atoms with Crippen LogP contribution in [-0.2, 0) is 0 Å². The van der Waals surface area contributed by atoms with Crippen molar-refractivity contribution in [3.05, 3.63) is 35.9 Å².